The van der Waals surface area contributed by atoms with E-state index in [1.54, 1.807) is 18.2 Å². The molecule has 0 fully saturated rings. The van der Waals surface area contributed by atoms with E-state index < -0.39 is 0 Å². The van der Waals surface area contributed by atoms with Gasteiger partial charge in [0.05, 0.1) is 11.6 Å². The molecule has 1 N–H and O–H groups in total. The Morgan fingerprint density at radius 2 is 1.89 bits per heavy atom. The largest absolute Gasteiger partial charge is 0.378 e. The number of nitrogens with zero attached hydrogens (tertiary/aromatic N) is 1. The zero-order valence-corrected chi connectivity index (χ0v) is 11.9. The van der Waals surface area contributed by atoms with E-state index in [4.69, 9.17) is 5.26 Å². The minimum atomic E-state index is -0.263. The van der Waals surface area contributed by atoms with Gasteiger partial charge in [0.25, 0.3) is 0 Å². The van der Waals surface area contributed by atoms with E-state index in [1.165, 1.54) is 12.1 Å². The molecule has 2 aromatic rings. The van der Waals surface area contributed by atoms with Crippen molar-refractivity contribution in [2.45, 2.75) is 13.0 Å². The summed E-state index contributed by atoms with van der Waals surface area (Å²) in [5.74, 6) is -0.263. The van der Waals surface area contributed by atoms with Crippen molar-refractivity contribution in [1.29, 1.82) is 5.26 Å². The lowest BCUT2D eigenvalue weighted by Gasteiger charge is -2.17. The Balaban J connectivity index is 2.16. The molecule has 19 heavy (non-hydrogen) atoms. The Hall–Kier alpha value is -1.86. The summed E-state index contributed by atoms with van der Waals surface area (Å²) in [5.41, 5.74) is 2.52. The number of benzene rings is 2. The fraction of sp³-hybridized carbons (Fsp3) is 0.133. The molecule has 0 bridgehead atoms. The standard InChI is InChI=1S/C15H12BrFN2/c1-10(14-7-4-12(17)8-15(14)16)19-13-5-2-11(9-18)3-6-13/h2-8,10,19H,1H3. The minimum absolute atomic E-state index is 0.0305. The molecular formula is C15H12BrFN2. The van der Waals surface area contributed by atoms with Crippen molar-refractivity contribution in [2.24, 2.45) is 0 Å². The third kappa shape index (κ3) is 3.33. The van der Waals surface area contributed by atoms with Gasteiger partial charge in [-0.15, -0.1) is 0 Å². The van der Waals surface area contributed by atoms with Gasteiger partial charge in [0.1, 0.15) is 5.82 Å². The maximum Gasteiger partial charge on any atom is 0.124 e. The normalized spacial score (nSPS) is 11.7. The van der Waals surface area contributed by atoms with Gasteiger partial charge in [-0.25, -0.2) is 4.39 Å². The summed E-state index contributed by atoms with van der Waals surface area (Å²) in [6.07, 6.45) is 0. The molecule has 2 rings (SSSR count). The van der Waals surface area contributed by atoms with Crippen molar-refractivity contribution in [2.75, 3.05) is 5.32 Å². The van der Waals surface area contributed by atoms with Crippen LogP contribution in [0.15, 0.2) is 46.9 Å². The summed E-state index contributed by atoms with van der Waals surface area (Å²) in [7, 11) is 0. The predicted molar refractivity (Wildman–Crippen MR) is 77.3 cm³/mol. The number of nitrogens with one attached hydrogen (secondary N) is 1. The fourth-order valence-electron chi connectivity index (χ4n) is 1.82. The van der Waals surface area contributed by atoms with Crippen molar-refractivity contribution in [3.8, 4) is 6.07 Å². The lowest BCUT2D eigenvalue weighted by atomic mass is 10.1. The molecule has 0 heterocycles. The molecule has 2 aromatic carbocycles. The molecular weight excluding hydrogens is 307 g/mol. The van der Waals surface area contributed by atoms with Gasteiger partial charge in [0.2, 0.25) is 0 Å². The number of rotatable bonds is 3. The zero-order valence-electron chi connectivity index (χ0n) is 10.3. The highest BCUT2D eigenvalue weighted by molar-refractivity contribution is 9.10. The highest BCUT2D eigenvalue weighted by atomic mass is 79.9. The van der Waals surface area contributed by atoms with E-state index in [9.17, 15) is 4.39 Å². The van der Waals surface area contributed by atoms with Crippen LogP contribution in [0, 0.1) is 17.1 Å². The van der Waals surface area contributed by atoms with Gasteiger partial charge < -0.3 is 5.32 Å². The molecule has 0 aromatic heterocycles. The molecule has 0 aliphatic rings. The van der Waals surface area contributed by atoms with Gasteiger partial charge in [0.15, 0.2) is 0 Å². The maximum absolute atomic E-state index is 13.0. The molecule has 0 aliphatic carbocycles. The lowest BCUT2D eigenvalue weighted by molar-refractivity contribution is 0.625. The number of halogens is 2. The fourth-order valence-corrected chi connectivity index (χ4v) is 2.52. The first kappa shape index (κ1) is 13.6. The van der Waals surface area contributed by atoms with E-state index in [0.717, 1.165) is 15.7 Å². The predicted octanol–water partition coefficient (Wildman–Crippen LogP) is 4.63. The average molecular weight is 319 g/mol. The Bertz CT molecular complexity index is 617. The van der Waals surface area contributed by atoms with E-state index in [0.29, 0.717) is 5.56 Å². The van der Waals surface area contributed by atoms with Crippen LogP contribution >= 0.6 is 15.9 Å². The molecule has 96 valence electrons. The molecule has 0 saturated carbocycles. The summed E-state index contributed by atoms with van der Waals surface area (Å²) in [4.78, 5) is 0. The second-order valence-corrected chi connectivity index (χ2v) is 5.08. The van der Waals surface area contributed by atoms with Gasteiger partial charge in [0, 0.05) is 16.2 Å². The molecule has 0 aliphatic heterocycles. The summed E-state index contributed by atoms with van der Waals surface area (Å²) in [5, 5.41) is 12.0. The second-order valence-electron chi connectivity index (χ2n) is 4.22. The average Bonchev–Trinajstić information content (AvgIpc) is 2.39. The maximum atomic E-state index is 13.0. The van der Waals surface area contributed by atoms with Crippen molar-refractivity contribution in [3.63, 3.8) is 0 Å². The van der Waals surface area contributed by atoms with Gasteiger partial charge in [-0.05, 0) is 48.9 Å². The Kier molecular flexibility index (Phi) is 4.18. The first-order chi connectivity index (χ1) is 9.10. The van der Waals surface area contributed by atoms with Crippen LogP contribution in [-0.2, 0) is 0 Å². The zero-order chi connectivity index (χ0) is 13.8. The van der Waals surface area contributed by atoms with E-state index >= 15 is 0 Å². The van der Waals surface area contributed by atoms with Crippen molar-refractivity contribution in [1.82, 2.24) is 0 Å². The molecule has 1 unspecified atom stereocenters. The summed E-state index contributed by atoms with van der Waals surface area (Å²) >= 11 is 3.36. The molecule has 0 spiro atoms. The molecule has 1 atom stereocenters. The second kappa shape index (κ2) is 5.85. The molecule has 2 nitrogen and oxygen atoms in total. The van der Waals surface area contributed by atoms with Crippen LogP contribution in [0.3, 0.4) is 0 Å². The molecule has 0 saturated heterocycles. The van der Waals surface area contributed by atoms with Crippen LogP contribution in [-0.4, -0.2) is 0 Å². The third-order valence-electron chi connectivity index (χ3n) is 2.83. The Morgan fingerprint density at radius 3 is 2.47 bits per heavy atom. The quantitative estimate of drug-likeness (QED) is 0.895. The highest BCUT2D eigenvalue weighted by Gasteiger charge is 2.10. The highest BCUT2D eigenvalue weighted by Crippen LogP contribution is 2.27. The van der Waals surface area contributed by atoms with Gasteiger partial charge in [-0.2, -0.15) is 5.26 Å². The van der Waals surface area contributed by atoms with Crippen LogP contribution in [0.25, 0.3) is 0 Å². The van der Waals surface area contributed by atoms with E-state index in [2.05, 4.69) is 27.3 Å². The number of hydrogen-bond acceptors (Lipinski definition) is 2. The summed E-state index contributed by atoms with van der Waals surface area (Å²) < 4.78 is 13.8. The Labute approximate surface area is 120 Å². The Morgan fingerprint density at radius 1 is 1.21 bits per heavy atom. The number of hydrogen-bond donors (Lipinski definition) is 1. The smallest absolute Gasteiger partial charge is 0.124 e. The first-order valence-electron chi connectivity index (χ1n) is 5.82. The first-order valence-corrected chi connectivity index (χ1v) is 6.61. The molecule has 4 heteroatoms. The third-order valence-corrected chi connectivity index (χ3v) is 3.51. The van der Waals surface area contributed by atoms with E-state index in [1.807, 2.05) is 19.1 Å². The van der Waals surface area contributed by atoms with E-state index in [-0.39, 0.29) is 11.9 Å². The molecule has 0 amide bonds. The number of anilines is 1. The summed E-state index contributed by atoms with van der Waals surface area (Å²) in [6, 6.07) is 14.0. The van der Waals surface area contributed by atoms with Gasteiger partial charge in [-0.1, -0.05) is 22.0 Å². The van der Waals surface area contributed by atoms with Crippen LogP contribution in [0.4, 0.5) is 10.1 Å². The van der Waals surface area contributed by atoms with Gasteiger partial charge in [-0.3, -0.25) is 0 Å². The monoisotopic (exact) mass is 318 g/mol. The van der Waals surface area contributed by atoms with Crippen molar-refractivity contribution in [3.05, 3.63) is 63.9 Å². The minimum Gasteiger partial charge on any atom is -0.378 e. The topological polar surface area (TPSA) is 35.8 Å². The molecule has 0 radical (unpaired) electrons. The van der Waals surface area contributed by atoms with Crippen LogP contribution < -0.4 is 5.32 Å². The SMILES string of the molecule is CC(Nc1ccc(C#N)cc1)c1ccc(F)cc1Br. The lowest BCUT2D eigenvalue weighted by Crippen LogP contribution is -2.07. The van der Waals surface area contributed by atoms with Crippen molar-refractivity contribution >= 4 is 21.6 Å². The van der Waals surface area contributed by atoms with Crippen LogP contribution in [0.2, 0.25) is 0 Å². The van der Waals surface area contributed by atoms with Crippen LogP contribution in [0.5, 0.6) is 0 Å². The van der Waals surface area contributed by atoms with Gasteiger partial charge >= 0.3 is 0 Å². The summed E-state index contributed by atoms with van der Waals surface area (Å²) in [6.45, 7) is 2.00. The van der Waals surface area contributed by atoms with Crippen molar-refractivity contribution < 1.29 is 4.39 Å². The van der Waals surface area contributed by atoms with Crippen LogP contribution in [0.1, 0.15) is 24.1 Å². The number of nitriles is 1.